The third kappa shape index (κ3) is 4.66. The lowest BCUT2D eigenvalue weighted by Gasteiger charge is -2.35. The van der Waals surface area contributed by atoms with E-state index in [0.29, 0.717) is 60.0 Å². The molecular weight excluding hydrogens is 591 g/mol. The van der Waals surface area contributed by atoms with Crippen molar-refractivity contribution < 1.29 is 23.0 Å². The van der Waals surface area contributed by atoms with E-state index in [-0.39, 0.29) is 52.4 Å². The van der Waals surface area contributed by atoms with Crippen LogP contribution in [0.2, 0.25) is 0 Å². The summed E-state index contributed by atoms with van der Waals surface area (Å²) in [5.74, 6) is -0.417. The van der Waals surface area contributed by atoms with E-state index < -0.39 is 23.3 Å². The lowest BCUT2D eigenvalue weighted by Crippen LogP contribution is -2.51. The molecule has 5 heterocycles. The molecule has 1 aromatic heterocycles. The lowest BCUT2D eigenvalue weighted by atomic mass is 9.89. The fraction of sp³-hybridized carbons (Fsp3) is 0.444. The molecule has 238 valence electrons. The topological polar surface area (TPSA) is 84.7 Å². The quantitative estimate of drug-likeness (QED) is 0.257. The second-order valence-electron chi connectivity index (χ2n) is 13.5. The van der Waals surface area contributed by atoms with E-state index in [1.165, 1.54) is 18.2 Å². The summed E-state index contributed by atoms with van der Waals surface area (Å²) in [5, 5.41) is 26.4. The van der Waals surface area contributed by atoms with Crippen LogP contribution < -0.4 is 15.0 Å². The zero-order valence-corrected chi connectivity index (χ0v) is 25.8. The molecule has 2 unspecified atom stereocenters. The van der Waals surface area contributed by atoms with Crippen LogP contribution in [0.1, 0.15) is 50.2 Å². The van der Waals surface area contributed by atoms with Crippen molar-refractivity contribution in [1.29, 1.82) is 5.26 Å². The average Bonchev–Trinajstić information content (AvgIpc) is 3.69. The minimum atomic E-state index is -0.903. The summed E-state index contributed by atoms with van der Waals surface area (Å²) in [6.45, 7) is 4.67. The Morgan fingerprint density at radius 1 is 1.11 bits per heavy atom. The molecule has 2 bridgehead atoms. The number of hydrogen-bond acceptors (Lipinski definition) is 7. The monoisotopic (exact) mass is 627 g/mol. The van der Waals surface area contributed by atoms with Gasteiger partial charge in [-0.2, -0.15) is 10.2 Å². The number of nitrogens with zero attached hydrogens (tertiary/aromatic N) is 4. The first-order chi connectivity index (χ1) is 22.3. The highest BCUT2D eigenvalue weighted by atomic mass is 19.1. The van der Waals surface area contributed by atoms with Gasteiger partial charge in [0.25, 0.3) is 0 Å². The minimum Gasteiger partial charge on any atom is -0.508 e. The molecular formula is C36H36F3N5O2. The third-order valence-corrected chi connectivity index (χ3v) is 10.7. The minimum absolute atomic E-state index is 0.00342. The van der Waals surface area contributed by atoms with Crippen molar-refractivity contribution in [3.8, 4) is 28.8 Å². The van der Waals surface area contributed by atoms with Gasteiger partial charge >= 0.3 is 0 Å². The first-order valence-corrected chi connectivity index (χ1v) is 16.3. The number of pyridine rings is 1. The Morgan fingerprint density at radius 3 is 2.67 bits per heavy atom. The number of nitrogens with one attached hydrogen (secondary N) is 1. The first-order valence-electron chi connectivity index (χ1n) is 16.3. The molecule has 0 spiro atoms. The van der Waals surface area contributed by atoms with E-state index in [2.05, 4.69) is 21.2 Å². The van der Waals surface area contributed by atoms with Crippen LogP contribution in [-0.4, -0.2) is 71.6 Å². The number of halogens is 3. The average molecular weight is 628 g/mol. The number of piperazine rings is 1. The van der Waals surface area contributed by atoms with Gasteiger partial charge in [-0.3, -0.25) is 4.90 Å². The molecule has 4 saturated heterocycles. The number of aromatic nitrogens is 1. The standard InChI is InChI=1S/C36H36F3N5O2/c1-2-26-30(38)7-4-20-10-25(45)12-29(32(20)26)33-21(15-40)11-28-27(34(33)39)13-31(42-35(28)43-17-23-5-6-24(18-43)41-23)46-19-36-8-3-9-44(36)16-22(37)14-36/h4,7,10-13,22-24,41,45H,2-3,5-6,8-9,14,16-19H2,1H3/t22-,23?,24?,36+/m1/s1. The third-order valence-electron chi connectivity index (χ3n) is 10.7. The molecule has 7 nitrogen and oxygen atoms in total. The maximum absolute atomic E-state index is 17.2. The Hall–Kier alpha value is -4.07. The van der Waals surface area contributed by atoms with Crippen LogP contribution in [0.15, 0.2) is 36.4 Å². The number of ether oxygens (including phenoxy) is 1. The van der Waals surface area contributed by atoms with Crippen LogP contribution in [0.4, 0.5) is 19.0 Å². The maximum atomic E-state index is 17.2. The second-order valence-corrected chi connectivity index (χ2v) is 13.5. The summed E-state index contributed by atoms with van der Waals surface area (Å²) in [5.41, 5.74) is 0.299. The van der Waals surface area contributed by atoms with Crippen LogP contribution in [0.5, 0.6) is 11.6 Å². The van der Waals surface area contributed by atoms with E-state index in [1.54, 1.807) is 18.2 Å². The van der Waals surface area contributed by atoms with Crippen molar-refractivity contribution in [2.24, 2.45) is 0 Å². The number of aromatic hydroxyl groups is 1. The Kier molecular flexibility index (Phi) is 7.03. The molecule has 0 aliphatic carbocycles. The number of fused-ring (bicyclic) bond motifs is 5. The molecule has 46 heavy (non-hydrogen) atoms. The molecule has 0 saturated carbocycles. The van der Waals surface area contributed by atoms with E-state index in [1.807, 2.05) is 6.92 Å². The number of aryl methyl sites for hydroxylation is 1. The van der Waals surface area contributed by atoms with Gasteiger partial charge in [-0.15, -0.1) is 0 Å². The van der Waals surface area contributed by atoms with E-state index in [4.69, 9.17) is 9.72 Å². The molecule has 4 aromatic rings. The normalized spacial score (nSPS) is 25.8. The Morgan fingerprint density at radius 2 is 1.91 bits per heavy atom. The van der Waals surface area contributed by atoms with Crippen molar-refractivity contribution in [1.82, 2.24) is 15.2 Å². The fourth-order valence-corrected chi connectivity index (χ4v) is 8.65. The fourth-order valence-electron chi connectivity index (χ4n) is 8.65. The number of nitriles is 1. The van der Waals surface area contributed by atoms with Crippen molar-refractivity contribution in [3.05, 3.63) is 59.2 Å². The van der Waals surface area contributed by atoms with Gasteiger partial charge < -0.3 is 20.1 Å². The summed E-state index contributed by atoms with van der Waals surface area (Å²) >= 11 is 0. The predicted molar refractivity (Wildman–Crippen MR) is 171 cm³/mol. The molecule has 2 N–H and O–H groups in total. The van der Waals surface area contributed by atoms with Gasteiger partial charge in [-0.1, -0.05) is 13.0 Å². The van der Waals surface area contributed by atoms with Gasteiger partial charge in [0.15, 0.2) is 0 Å². The highest BCUT2D eigenvalue weighted by molar-refractivity contribution is 6.05. The van der Waals surface area contributed by atoms with Crippen molar-refractivity contribution in [3.63, 3.8) is 0 Å². The Balaban J connectivity index is 1.32. The summed E-state index contributed by atoms with van der Waals surface area (Å²) in [4.78, 5) is 9.25. The molecule has 4 fully saturated rings. The highest BCUT2D eigenvalue weighted by Crippen LogP contribution is 2.44. The zero-order valence-electron chi connectivity index (χ0n) is 25.8. The molecule has 10 heteroatoms. The van der Waals surface area contributed by atoms with Gasteiger partial charge in [0.1, 0.15) is 36.0 Å². The van der Waals surface area contributed by atoms with Crippen LogP contribution >= 0.6 is 0 Å². The number of hydrogen-bond donors (Lipinski definition) is 2. The molecule has 0 amide bonds. The van der Waals surface area contributed by atoms with Crippen LogP contribution in [0.25, 0.3) is 32.7 Å². The lowest BCUT2D eigenvalue weighted by molar-refractivity contribution is 0.111. The largest absolute Gasteiger partial charge is 0.508 e. The molecule has 4 aliphatic rings. The zero-order chi connectivity index (χ0) is 31.7. The van der Waals surface area contributed by atoms with Crippen molar-refractivity contribution in [2.45, 2.75) is 69.2 Å². The smallest absolute Gasteiger partial charge is 0.215 e. The number of benzene rings is 3. The number of phenols is 1. The second kappa shape index (κ2) is 11.0. The maximum Gasteiger partial charge on any atom is 0.215 e. The summed E-state index contributed by atoms with van der Waals surface area (Å²) in [7, 11) is 0. The predicted octanol–water partition coefficient (Wildman–Crippen LogP) is 6.37. The number of phenolic OH excluding ortho intramolecular Hbond substituents is 1. The Labute approximate surface area is 265 Å². The highest BCUT2D eigenvalue weighted by Gasteiger charge is 2.49. The van der Waals surface area contributed by atoms with Gasteiger partial charge in [-0.25, -0.2) is 13.2 Å². The summed E-state index contributed by atoms with van der Waals surface area (Å²) in [6, 6.07) is 11.8. The first kappa shape index (κ1) is 29.3. The van der Waals surface area contributed by atoms with Crippen molar-refractivity contribution in [2.75, 3.05) is 37.7 Å². The van der Waals surface area contributed by atoms with Gasteiger partial charge in [-0.05, 0) is 84.8 Å². The molecule has 3 aromatic carbocycles. The van der Waals surface area contributed by atoms with E-state index in [0.717, 1.165) is 32.2 Å². The van der Waals surface area contributed by atoms with Crippen LogP contribution in [-0.2, 0) is 6.42 Å². The van der Waals surface area contributed by atoms with E-state index in [9.17, 15) is 14.8 Å². The molecule has 4 atom stereocenters. The summed E-state index contributed by atoms with van der Waals surface area (Å²) in [6.07, 6.45) is 3.73. The van der Waals surface area contributed by atoms with Gasteiger partial charge in [0.2, 0.25) is 5.88 Å². The number of alkyl halides is 1. The van der Waals surface area contributed by atoms with Crippen LogP contribution in [0.3, 0.4) is 0 Å². The van der Waals surface area contributed by atoms with Gasteiger partial charge in [0.05, 0.1) is 17.2 Å². The van der Waals surface area contributed by atoms with Gasteiger partial charge in [0, 0.05) is 60.5 Å². The van der Waals surface area contributed by atoms with Crippen LogP contribution in [0, 0.1) is 23.0 Å². The molecule has 0 radical (unpaired) electrons. The van der Waals surface area contributed by atoms with E-state index >= 15 is 8.78 Å². The molecule has 8 rings (SSSR count). The Bertz CT molecular complexity index is 1920. The number of rotatable bonds is 6. The molecule has 4 aliphatic heterocycles. The van der Waals surface area contributed by atoms with Crippen molar-refractivity contribution >= 4 is 27.4 Å². The SMILES string of the molecule is CCc1c(F)ccc2cc(O)cc(-c3c(C#N)cc4c(N5CC6CCC(C5)N6)nc(OC[C@@]56CCCN5C[C@H](F)C6)cc4c3F)c12. The summed E-state index contributed by atoms with van der Waals surface area (Å²) < 4.78 is 53.2. The number of anilines is 1.